The van der Waals surface area contributed by atoms with Crippen LogP contribution in [0.5, 0.6) is 0 Å². The van der Waals surface area contributed by atoms with Crippen molar-refractivity contribution in [2.45, 2.75) is 40.3 Å². The van der Waals surface area contributed by atoms with E-state index in [1.165, 1.54) is 11.1 Å². The van der Waals surface area contributed by atoms with Crippen LogP contribution >= 0.6 is 0 Å². The van der Waals surface area contributed by atoms with Gasteiger partial charge in [0.2, 0.25) is 0 Å². The molecule has 4 heteroatoms. The SMILES string of the molecule is CCNCc1cc(CC)nc(N(C)Cc2ccoc2C)c1. The minimum absolute atomic E-state index is 0.809. The lowest BCUT2D eigenvalue weighted by molar-refractivity contribution is 0.529. The summed E-state index contributed by atoms with van der Waals surface area (Å²) >= 11 is 0. The highest BCUT2D eigenvalue weighted by Crippen LogP contribution is 2.19. The zero-order chi connectivity index (χ0) is 15.2. The zero-order valence-electron chi connectivity index (χ0n) is 13.4. The minimum atomic E-state index is 0.809. The lowest BCUT2D eigenvalue weighted by Gasteiger charge is -2.20. The average Bonchev–Trinajstić information content (AvgIpc) is 2.90. The van der Waals surface area contributed by atoms with Gasteiger partial charge in [0.25, 0.3) is 0 Å². The monoisotopic (exact) mass is 287 g/mol. The maximum Gasteiger partial charge on any atom is 0.129 e. The smallest absolute Gasteiger partial charge is 0.129 e. The summed E-state index contributed by atoms with van der Waals surface area (Å²) in [5.41, 5.74) is 3.63. The summed E-state index contributed by atoms with van der Waals surface area (Å²) in [5, 5.41) is 3.38. The number of anilines is 1. The average molecular weight is 287 g/mol. The standard InChI is InChI=1S/C17H25N3O/c1-5-16-9-14(11-18-6-2)10-17(19-16)20(4)12-15-7-8-21-13(15)3/h7-10,18H,5-6,11-12H2,1-4H3. The van der Waals surface area contributed by atoms with Gasteiger partial charge in [-0.1, -0.05) is 13.8 Å². The van der Waals surface area contributed by atoms with Crippen molar-refractivity contribution in [1.29, 1.82) is 0 Å². The van der Waals surface area contributed by atoms with Crippen molar-refractivity contribution in [1.82, 2.24) is 10.3 Å². The molecule has 0 unspecified atom stereocenters. The fraction of sp³-hybridized carbons (Fsp3) is 0.471. The Bertz CT molecular complexity index is 577. The van der Waals surface area contributed by atoms with E-state index in [0.29, 0.717) is 0 Å². The summed E-state index contributed by atoms with van der Waals surface area (Å²) in [4.78, 5) is 6.91. The van der Waals surface area contributed by atoms with Crippen molar-refractivity contribution >= 4 is 5.82 Å². The van der Waals surface area contributed by atoms with Crippen LogP contribution in [0.3, 0.4) is 0 Å². The molecule has 2 rings (SSSR count). The van der Waals surface area contributed by atoms with Crippen LogP contribution in [0.4, 0.5) is 5.82 Å². The van der Waals surface area contributed by atoms with Crippen molar-refractivity contribution in [3.05, 3.63) is 47.0 Å². The van der Waals surface area contributed by atoms with Crippen LogP contribution in [-0.4, -0.2) is 18.6 Å². The van der Waals surface area contributed by atoms with Gasteiger partial charge in [0.15, 0.2) is 0 Å². The first kappa shape index (κ1) is 15.6. The van der Waals surface area contributed by atoms with Crippen LogP contribution in [0, 0.1) is 6.92 Å². The first-order valence-electron chi connectivity index (χ1n) is 7.58. The molecule has 4 nitrogen and oxygen atoms in total. The largest absolute Gasteiger partial charge is 0.469 e. The molecule has 2 heterocycles. The fourth-order valence-corrected chi connectivity index (χ4v) is 2.29. The van der Waals surface area contributed by atoms with Crippen molar-refractivity contribution in [2.75, 3.05) is 18.5 Å². The third-order valence-electron chi connectivity index (χ3n) is 3.63. The molecule has 0 aliphatic carbocycles. The van der Waals surface area contributed by atoms with Crippen molar-refractivity contribution in [2.24, 2.45) is 0 Å². The number of hydrogen-bond donors (Lipinski definition) is 1. The first-order chi connectivity index (χ1) is 10.1. The van der Waals surface area contributed by atoms with Gasteiger partial charge in [0.05, 0.1) is 6.26 Å². The molecule has 2 aromatic heterocycles. The molecule has 0 saturated carbocycles. The number of nitrogens with zero attached hydrogens (tertiary/aromatic N) is 2. The normalized spacial score (nSPS) is 10.9. The Morgan fingerprint density at radius 1 is 1.29 bits per heavy atom. The Kier molecular flexibility index (Phi) is 5.39. The van der Waals surface area contributed by atoms with E-state index in [9.17, 15) is 0 Å². The van der Waals surface area contributed by atoms with Gasteiger partial charge in [0.1, 0.15) is 11.6 Å². The van der Waals surface area contributed by atoms with E-state index >= 15 is 0 Å². The molecular weight excluding hydrogens is 262 g/mol. The summed E-state index contributed by atoms with van der Waals surface area (Å²) in [6, 6.07) is 6.37. The summed E-state index contributed by atoms with van der Waals surface area (Å²) in [7, 11) is 2.07. The van der Waals surface area contributed by atoms with Crippen LogP contribution < -0.4 is 10.2 Å². The highest BCUT2D eigenvalue weighted by molar-refractivity contribution is 5.43. The summed E-state index contributed by atoms with van der Waals surface area (Å²) in [6.07, 6.45) is 2.69. The number of nitrogens with one attached hydrogen (secondary N) is 1. The predicted molar refractivity (Wildman–Crippen MR) is 86.5 cm³/mol. The van der Waals surface area contributed by atoms with E-state index in [1.54, 1.807) is 6.26 Å². The Morgan fingerprint density at radius 3 is 2.71 bits per heavy atom. The molecule has 0 aliphatic heterocycles. The topological polar surface area (TPSA) is 41.3 Å². The van der Waals surface area contributed by atoms with Crippen LogP contribution in [0.25, 0.3) is 0 Å². The fourth-order valence-electron chi connectivity index (χ4n) is 2.29. The Labute approximate surface area is 127 Å². The van der Waals surface area contributed by atoms with Gasteiger partial charge in [0, 0.05) is 31.4 Å². The number of hydrogen-bond acceptors (Lipinski definition) is 4. The van der Waals surface area contributed by atoms with Crippen molar-refractivity contribution in [3.63, 3.8) is 0 Å². The minimum Gasteiger partial charge on any atom is -0.469 e. The van der Waals surface area contributed by atoms with Gasteiger partial charge in [-0.2, -0.15) is 0 Å². The Balaban J connectivity index is 2.18. The van der Waals surface area contributed by atoms with E-state index in [1.807, 2.05) is 13.0 Å². The molecule has 2 aromatic rings. The predicted octanol–water partition coefficient (Wildman–Crippen LogP) is 3.29. The van der Waals surface area contributed by atoms with Crippen LogP contribution in [0.2, 0.25) is 0 Å². The van der Waals surface area contributed by atoms with Gasteiger partial charge < -0.3 is 14.6 Å². The van der Waals surface area contributed by atoms with E-state index < -0.39 is 0 Å². The summed E-state index contributed by atoms with van der Waals surface area (Å²) in [6.45, 7) is 8.93. The van der Waals surface area contributed by atoms with E-state index in [-0.39, 0.29) is 0 Å². The van der Waals surface area contributed by atoms with E-state index in [2.05, 4.69) is 43.2 Å². The molecular formula is C17H25N3O. The van der Waals surface area contributed by atoms with Crippen LogP contribution in [-0.2, 0) is 19.5 Å². The van der Waals surface area contributed by atoms with E-state index in [0.717, 1.165) is 43.3 Å². The first-order valence-corrected chi connectivity index (χ1v) is 7.58. The molecule has 0 spiro atoms. The van der Waals surface area contributed by atoms with Crippen LogP contribution in [0.1, 0.15) is 36.4 Å². The molecule has 0 aliphatic rings. The third kappa shape index (κ3) is 4.08. The van der Waals surface area contributed by atoms with Crippen LogP contribution in [0.15, 0.2) is 28.9 Å². The van der Waals surface area contributed by atoms with Crippen molar-refractivity contribution in [3.8, 4) is 0 Å². The molecule has 0 saturated heterocycles. The number of aromatic nitrogens is 1. The molecule has 0 aromatic carbocycles. The third-order valence-corrected chi connectivity index (χ3v) is 3.63. The Hall–Kier alpha value is -1.81. The maximum absolute atomic E-state index is 5.37. The molecule has 21 heavy (non-hydrogen) atoms. The Morgan fingerprint density at radius 2 is 2.10 bits per heavy atom. The van der Waals surface area contributed by atoms with Gasteiger partial charge in [-0.05, 0) is 43.7 Å². The number of furan rings is 1. The number of pyridine rings is 1. The highest BCUT2D eigenvalue weighted by atomic mass is 16.3. The lowest BCUT2D eigenvalue weighted by Crippen LogP contribution is -2.19. The van der Waals surface area contributed by atoms with Gasteiger partial charge in [-0.15, -0.1) is 0 Å². The molecule has 114 valence electrons. The van der Waals surface area contributed by atoms with Gasteiger partial charge >= 0.3 is 0 Å². The summed E-state index contributed by atoms with van der Waals surface area (Å²) in [5.74, 6) is 1.99. The van der Waals surface area contributed by atoms with Gasteiger partial charge in [-0.3, -0.25) is 0 Å². The van der Waals surface area contributed by atoms with Gasteiger partial charge in [-0.25, -0.2) is 4.98 Å². The molecule has 0 amide bonds. The second kappa shape index (κ2) is 7.27. The maximum atomic E-state index is 5.37. The summed E-state index contributed by atoms with van der Waals surface area (Å²) < 4.78 is 5.37. The van der Waals surface area contributed by atoms with Crippen molar-refractivity contribution < 1.29 is 4.42 Å². The number of aryl methyl sites for hydroxylation is 2. The van der Waals surface area contributed by atoms with E-state index in [4.69, 9.17) is 9.40 Å². The quantitative estimate of drug-likeness (QED) is 0.848. The second-order valence-electron chi connectivity index (χ2n) is 5.32. The number of rotatable bonds is 7. The zero-order valence-corrected chi connectivity index (χ0v) is 13.4. The molecule has 0 bridgehead atoms. The molecule has 0 fully saturated rings. The molecule has 0 atom stereocenters. The highest BCUT2D eigenvalue weighted by Gasteiger charge is 2.09. The lowest BCUT2D eigenvalue weighted by atomic mass is 10.1. The molecule has 1 N–H and O–H groups in total. The second-order valence-corrected chi connectivity index (χ2v) is 5.32. The molecule has 0 radical (unpaired) electrons.